The van der Waals surface area contributed by atoms with Crippen molar-refractivity contribution < 1.29 is 38.4 Å². The van der Waals surface area contributed by atoms with Crippen LogP contribution in [-0.4, -0.2) is 72.0 Å². The largest absolute Gasteiger partial charge is 0.467 e. The number of aliphatic hydroxyl groups excluding tert-OH is 1. The molecule has 2 amide bonds. The van der Waals surface area contributed by atoms with Crippen molar-refractivity contribution >= 4 is 18.0 Å². The fourth-order valence-electron chi connectivity index (χ4n) is 7.32. The Morgan fingerprint density at radius 3 is 2.27 bits per heavy atom. The third-order valence-corrected chi connectivity index (χ3v) is 10.1. The van der Waals surface area contributed by atoms with Gasteiger partial charge in [0, 0.05) is 31.5 Å². The van der Waals surface area contributed by atoms with Crippen LogP contribution in [0.3, 0.4) is 0 Å². The number of esters is 2. The molecule has 0 unspecified atom stereocenters. The van der Waals surface area contributed by atoms with Gasteiger partial charge in [0.2, 0.25) is 0 Å². The highest BCUT2D eigenvalue weighted by molar-refractivity contribution is 5.84. The molecule has 4 aromatic carbocycles. The Bertz CT molecular complexity index is 1910. The molecule has 0 saturated carbocycles. The third kappa shape index (κ3) is 10.8. The van der Waals surface area contributed by atoms with Gasteiger partial charge in [-0.2, -0.15) is 0 Å². The van der Waals surface area contributed by atoms with Gasteiger partial charge in [0.05, 0.1) is 25.9 Å². The van der Waals surface area contributed by atoms with E-state index in [9.17, 15) is 19.5 Å². The van der Waals surface area contributed by atoms with Gasteiger partial charge < -0.3 is 34.7 Å². The highest BCUT2D eigenvalue weighted by atomic mass is 16.7. The number of nitrogens with zero attached hydrogens (tertiary/aromatic N) is 1. The molecule has 0 aromatic heterocycles. The fourth-order valence-corrected chi connectivity index (χ4v) is 7.32. The van der Waals surface area contributed by atoms with Gasteiger partial charge in [-0.15, -0.1) is 0 Å². The number of hydrogen-bond donors (Lipinski definition) is 3. The van der Waals surface area contributed by atoms with Crippen LogP contribution in [0.1, 0.15) is 80.2 Å². The van der Waals surface area contributed by atoms with E-state index in [2.05, 4.69) is 15.5 Å². The molecule has 0 bridgehead atoms. The molecule has 0 radical (unpaired) electrons. The van der Waals surface area contributed by atoms with E-state index in [4.69, 9.17) is 18.9 Å². The van der Waals surface area contributed by atoms with Crippen molar-refractivity contribution in [2.24, 2.45) is 0 Å². The predicted molar refractivity (Wildman–Crippen MR) is 212 cm³/mol. The number of rotatable bonds is 13. The summed E-state index contributed by atoms with van der Waals surface area (Å²) in [6.07, 6.45) is 1.42. The molecule has 2 fully saturated rings. The van der Waals surface area contributed by atoms with Gasteiger partial charge in [0.1, 0.15) is 17.7 Å². The Hall–Kier alpha value is -5.07. The minimum atomic E-state index is -0.838. The van der Waals surface area contributed by atoms with Gasteiger partial charge in [-0.25, -0.2) is 9.59 Å². The minimum Gasteiger partial charge on any atom is -0.467 e. The lowest BCUT2D eigenvalue weighted by Gasteiger charge is -2.38. The van der Waals surface area contributed by atoms with Crippen LogP contribution >= 0.6 is 0 Å². The van der Waals surface area contributed by atoms with Crippen LogP contribution in [0, 0.1) is 0 Å². The first-order valence-electron chi connectivity index (χ1n) is 19.3. The summed E-state index contributed by atoms with van der Waals surface area (Å²) < 4.78 is 24.0. The number of hydrogen-bond acceptors (Lipinski definition) is 9. The van der Waals surface area contributed by atoms with Crippen LogP contribution in [0.15, 0.2) is 103 Å². The van der Waals surface area contributed by atoms with Crippen molar-refractivity contribution in [1.29, 1.82) is 0 Å². The van der Waals surface area contributed by atoms with E-state index < -0.39 is 29.9 Å². The molecule has 2 saturated heterocycles. The molecule has 5 atom stereocenters. The van der Waals surface area contributed by atoms with Gasteiger partial charge in [-0.05, 0) is 73.5 Å². The first-order valence-corrected chi connectivity index (χ1v) is 19.3. The topological polar surface area (TPSA) is 136 Å². The Balaban J connectivity index is 1.15. The zero-order chi connectivity index (χ0) is 39.7. The number of amides is 2. The van der Waals surface area contributed by atoms with Crippen LogP contribution in [0.4, 0.5) is 4.79 Å². The molecule has 56 heavy (non-hydrogen) atoms. The normalized spacial score (nSPS) is 20.5. The molecule has 11 nitrogen and oxygen atoms in total. The molecule has 0 spiro atoms. The predicted octanol–water partition coefficient (Wildman–Crippen LogP) is 6.78. The summed E-state index contributed by atoms with van der Waals surface area (Å²) in [5.74, 6) is -0.719. The standard InChI is InChI=1S/C45H53N3O8/c1-45(2,3)56-42(51)39-15-10-24-48(39)28-36-26-40(33-18-16-31(29-49)17-19-33)55-43(54-36)34-22-20-32(21-23-34)37-14-9-8-13-35(37)27-46-44(52)47-38(41(50)53-4)25-30-11-6-5-7-12-30/h5-9,11-14,16-23,36,38-40,43,49H,10,15,24-29H2,1-4H3,(H2,46,47,52)/t36-,38-,39-,40+,43+/m0/s1. The summed E-state index contributed by atoms with van der Waals surface area (Å²) in [6, 6.07) is 31.5. The van der Waals surface area contributed by atoms with Crippen molar-refractivity contribution in [1.82, 2.24) is 15.5 Å². The SMILES string of the molecule is COC(=O)[C@H](Cc1ccccc1)NC(=O)NCc1ccccc1-c1ccc([C@@H]2O[C@H](CN3CCC[C@H]3C(=O)OC(C)(C)C)C[C@H](c3ccc(CO)cc3)O2)cc1. The highest BCUT2D eigenvalue weighted by Crippen LogP contribution is 2.39. The second-order valence-electron chi connectivity index (χ2n) is 15.4. The maximum Gasteiger partial charge on any atom is 0.328 e. The van der Waals surface area contributed by atoms with E-state index in [0.717, 1.165) is 58.3 Å². The zero-order valence-electron chi connectivity index (χ0n) is 32.6. The molecule has 2 heterocycles. The Labute approximate surface area is 329 Å². The number of methoxy groups -OCH3 is 1. The monoisotopic (exact) mass is 763 g/mol. The van der Waals surface area contributed by atoms with Gasteiger partial charge in [0.25, 0.3) is 0 Å². The van der Waals surface area contributed by atoms with Crippen molar-refractivity contribution in [2.75, 3.05) is 20.2 Å². The molecule has 4 aromatic rings. The summed E-state index contributed by atoms with van der Waals surface area (Å²) in [6.45, 7) is 7.21. The second kappa shape index (κ2) is 18.7. The molecule has 2 aliphatic rings. The molecular weight excluding hydrogens is 711 g/mol. The number of carbonyl (C=O) groups is 3. The molecule has 296 valence electrons. The maximum absolute atomic E-state index is 13.1. The van der Waals surface area contributed by atoms with E-state index in [1.54, 1.807) is 0 Å². The summed E-state index contributed by atoms with van der Waals surface area (Å²) >= 11 is 0. The van der Waals surface area contributed by atoms with Crippen LogP contribution in [0.5, 0.6) is 0 Å². The van der Waals surface area contributed by atoms with E-state index in [1.165, 1.54) is 7.11 Å². The lowest BCUT2D eigenvalue weighted by atomic mass is 9.97. The van der Waals surface area contributed by atoms with E-state index in [-0.39, 0.29) is 37.4 Å². The zero-order valence-corrected chi connectivity index (χ0v) is 32.6. The quantitative estimate of drug-likeness (QED) is 0.126. The van der Waals surface area contributed by atoms with Crippen LogP contribution in [0.2, 0.25) is 0 Å². The van der Waals surface area contributed by atoms with Gasteiger partial charge >= 0.3 is 18.0 Å². The summed E-state index contributed by atoms with van der Waals surface area (Å²) in [5.41, 5.74) is 5.80. The van der Waals surface area contributed by atoms with Crippen LogP contribution in [0.25, 0.3) is 11.1 Å². The molecule has 3 N–H and O–H groups in total. The van der Waals surface area contributed by atoms with Crippen molar-refractivity contribution in [3.8, 4) is 11.1 Å². The van der Waals surface area contributed by atoms with Gasteiger partial charge in [0.15, 0.2) is 6.29 Å². The van der Waals surface area contributed by atoms with E-state index >= 15 is 0 Å². The maximum atomic E-state index is 13.1. The third-order valence-electron chi connectivity index (χ3n) is 10.1. The molecular formula is C45H53N3O8. The minimum absolute atomic E-state index is 0.0372. The van der Waals surface area contributed by atoms with E-state index in [0.29, 0.717) is 19.4 Å². The van der Waals surface area contributed by atoms with Gasteiger partial charge in [-0.1, -0.05) is 103 Å². The van der Waals surface area contributed by atoms with Crippen LogP contribution in [-0.2, 0) is 48.1 Å². The number of nitrogens with one attached hydrogen (secondary N) is 2. The van der Waals surface area contributed by atoms with Gasteiger partial charge in [-0.3, -0.25) is 9.69 Å². The molecule has 6 rings (SSSR count). The Morgan fingerprint density at radius 1 is 0.875 bits per heavy atom. The average molecular weight is 764 g/mol. The number of carbonyl (C=O) groups excluding carboxylic acids is 3. The average Bonchev–Trinajstić information content (AvgIpc) is 3.67. The highest BCUT2D eigenvalue weighted by Gasteiger charge is 2.39. The number of ether oxygens (including phenoxy) is 4. The number of aliphatic hydroxyl groups is 1. The van der Waals surface area contributed by atoms with Crippen molar-refractivity contribution in [3.05, 3.63) is 131 Å². The fraction of sp³-hybridized carbons (Fsp3) is 0.400. The van der Waals surface area contributed by atoms with E-state index in [1.807, 2.05) is 124 Å². The van der Waals surface area contributed by atoms with Crippen molar-refractivity contribution in [3.63, 3.8) is 0 Å². The second-order valence-corrected chi connectivity index (χ2v) is 15.4. The summed E-state index contributed by atoms with van der Waals surface area (Å²) in [4.78, 5) is 40.8. The first kappa shape index (κ1) is 40.6. The molecule has 2 aliphatic heterocycles. The number of benzene rings is 4. The summed E-state index contributed by atoms with van der Waals surface area (Å²) in [7, 11) is 1.31. The lowest BCUT2D eigenvalue weighted by molar-refractivity contribution is -0.253. The Morgan fingerprint density at radius 2 is 1.57 bits per heavy atom. The molecule has 11 heteroatoms. The smallest absolute Gasteiger partial charge is 0.328 e. The lowest BCUT2D eigenvalue weighted by Crippen LogP contribution is -2.47. The first-order chi connectivity index (χ1) is 27.0. The number of urea groups is 1. The summed E-state index contributed by atoms with van der Waals surface area (Å²) in [5, 5.41) is 15.3. The van der Waals surface area contributed by atoms with Crippen molar-refractivity contribution in [2.45, 2.75) is 95.8 Å². The number of likely N-dealkylation sites (tertiary alicyclic amines) is 1. The van der Waals surface area contributed by atoms with Crippen LogP contribution < -0.4 is 10.6 Å². The molecule has 0 aliphatic carbocycles. The Kier molecular flexibility index (Phi) is 13.6.